The zero-order valence-electron chi connectivity index (χ0n) is 10.1. The number of pyridine rings is 1. The topological polar surface area (TPSA) is 33.1 Å². The maximum Gasteiger partial charge on any atom is 0.416 e. The van der Waals surface area contributed by atoms with Gasteiger partial charge in [-0.05, 0) is 30.7 Å². The van der Waals surface area contributed by atoms with Crippen molar-refractivity contribution in [3.8, 4) is 0 Å². The van der Waals surface area contributed by atoms with Gasteiger partial charge in [-0.1, -0.05) is 24.3 Å². The first-order chi connectivity index (χ1) is 8.89. The lowest BCUT2D eigenvalue weighted by Crippen LogP contribution is -2.13. The standard InChI is InChI=1S/C14H12F3NO/c1-9-5-4-8-12(18-9)13(19)10-6-2-3-7-11(10)14(15,16)17/h2-8,13,19H,1H3. The molecule has 0 saturated heterocycles. The summed E-state index contributed by atoms with van der Waals surface area (Å²) in [6.07, 6.45) is -5.89. The van der Waals surface area contributed by atoms with Gasteiger partial charge in [0.1, 0.15) is 6.10 Å². The van der Waals surface area contributed by atoms with Gasteiger partial charge in [0.05, 0.1) is 11.3 Å². The maximum absolute atomic E-state index is 12.9. The van der Waals surface area contributed by atoms with Crippen LogP contribution in [0.2, 0.25) is 0 Å². The summed E-state index contributed by atoms with van der Waals surface area (Å²) in [5, 5.41) is 10.1. The molecule has 0 amide bonds. The Morgan fingerprint density at radius 1 is 1.05 bits per heavy atom. The lowest BCUT2D eigenvalue weighted by atomic mass is 9.99. The minimum Gasteiger partial charge on any atom is -0.382 e. The normalized spacial score (nSPS) is 13.3. The monoisotopic (exact) mass is 267 g/mol. The smallest absolute Gasteiger partial charge is 0.382 e. The third-order valence-corrected chi connectivity index (χ3v) is 2.75. The van der Waals surface area contributed by atoms with Crippen LogP contribution in [0.1, 0.15) is 28.6 Å². The molecule has 0 saturated carbocycles. The van der Waals surface area contributed by atoms with Crippen molar-refractivity contribution in [2.24, 2.45) is 0 Å². The van der Waals surface area contributed by atoms with Gasteiger partial charge in [0.25, 0.3) is 0 Å². The Bertz CT molecular complexity index is 581. The summed E-state index contributed by atoms with van der Waals surface area (Å²) in [4.78, 5) is 4.06. The summed E-state index contributed by atoms with van der Waals surface area (Å²) in [7, 11) is 0. The van der Waals surface area contributed by atoms with E-state index < -0.39 is 17.8 Å². The van der Waals surface area contributed by atoms with Gasteiger partial charge in [-0.3, -0.25) is 4.98 Å². The number of aryl methyl sites for hydroxylation is 1. The van der Waals surface area contributed by atoms with Crippen molar-refractivity contribution in [2.45, 2.75) is 19.2 Å². The molecular formula is C14H12F3NO. The molecule has 0 aliphatic rings. The predicted molar refractivity (Wildman–Crippen MR) is 64.5 cm³/mol. The molecule has 2 rings (SSSR count). The van der Waals surface area contributed by atoms with E-state index in [4.69, 9.17) is 0 Å². The Balaban J connectivity index is 2.48. The second-order valence-corrected chi connectivity index (χ2v) is 4.19. The van der Waals surface area contributed by atoms with Gasteiger partial charge in [-0.2, -0.15) is 13.2 Å². The first-order valence-electron chi connectivity index (χ1n) is 5.67. The predicted octanol–water partition coefficient (Wildman–Crippen LogP) is 3.49. The summed E-state index contributed by atoms with van der Waals surface area (Å²) >= 11 is 0. The highest BCUT2D eigenvalue weighted by atomic mass is 19.4. The molecule has 5 heteroatoms. The fourth-order valence-electron chi connectivity index (χ4n) is 1.87. The van der Waals surface area contributed by atoms with E-state index in [1.165, 1.54) is 24.3 Å². The van der Waals surface area contributed by atoms with E-state index in [9.17, 15) is 18.3 Å². The highest BCUT2D eigenvalue weighted by Gasteiger charge is 2.35. The van der Waals surface area contributed by atoms with Crippen molar-refractivity contribution >= 4 is 0 Å². The molecule has 0 bridgehead atoms. The summed E-state index contributed by atoms with van der Waals surface area (Å²) in [6, 6.07) is 9.84. The average Bonchev–Trinajstić information content (AvgIpc) is 2.37. The molecule has 2 nitrogen and oxygen atoms in total. The first-order valence-corrected chi connectivity index (χ1v) is 5.67. The van der Waals surface area contributed by atoms with Crippen molar-refractivity contribution in [3.63, 3.8) is 0 Å². The van der Waals surface area contributed by atoms with Crippen molar-refractivity contribution < 1.29 is 18.3 Å². The lowest BCUT2D eigenvalue weighted by molar-refractivity contribution is -0.139. The van der Waals surface area contributed by atoms with Crippen LogP contribution < -0.4 is 0 Å². The van der Waals surface area contributed by atoms with Gasteiger partial charge in [-0.25, -0.2) is 0 Å². The zero-order chi connectivity index (χ0) is 14.0. The van der Waals surface area contributed by atoms with Crippen LogP contribution in [-0.4, -0.2) is 10.1 Å². The number of nitrogens with zero attached hydrogens (tertiary/aromatic N) is 1. The molecule has 0 aliphatic carbocycles. The van der Waals surface area contributed by atoms with Crippen LogP contribution >= 0.6 is 0 Å². The van der Waals surface area contributed by atoms with Crippen LogP contribution in [0.5, 0.6) is 0 Å². The van der Waals surface area contributed by atoms with Crippen molar-refractivity contribution in [3.05, 3.63) is 65.0 Å². The number of rotatable bonds is 2. The molecule has 1 unspecified atom stereocenters. The van der Waals surface area contributed by atoms with E-state index in [1.54, 1.807) is 19.1 Å². The van der Waals surface area contributed by atoms with Gasteiger partial charge >= 0.3 is 6.18 Å². The van der Waals surface area contributed by atoms with Crippen molar-refractivity contribution in [2.75, 3.05) is 0 Å². The minimum absolute atomic E-state index is 0.187. The third-order valence-electron chi connectivity index (χ3n) is 2.75. The fraction of sp³-hybridized carbons (Fsp3) is 0.214. The number of alkyl halides is 3. The Hall–Kier alpha value is -1.88. The molecule has 1 N–H and O–H groups in total. The molecule has 1 atom stereocenters. The molecule has 0 radical (unpaired) electrons. The molecule has 1 aromatic carbocycles. The molecule has 19 heavy (non-hydrogen) atoms. The number of benzene rings is 1. The summed E-state index contributed by atoms with van der Waals surface area (Å²) in [5.74, 6) is 0. The lowest BCUT2D eigenvalue weighted by Gasteiger charge is -2.17. The Morgan fingerprint density at radius 2 is 1.74 bits per heavy atom. The molecule has 2 aromatic rings. The van der Waals surface area contributed by atoms with E-state index in [0.717, 1.165) is 6.07 Å². The summed E-state index contributed by atoms with van der Waals surface area (Å²) in [5.41, 5.74) is -0.184. The minimum atomic E-state index is -4.50. The molecule has 0 fully saturated rings. The second kappa shape index (κ2) is 5.01. The van der Waals surface area contributed by atoms with Gasteiger partial charge in [0, 0.05) is 5.69 Å². The van der Waals surface area contributed by atoms with Crippen molar-refractivity contribution in [1.29, 1.82) is 0 Å². The van der Waals surface area contributed by atoms with Crippen LogP contribution in [0.15, 0.2) is 42.5 Å². The Kier molecular flexibility index (Phi) is 3.57. The second-order valence-electron chi connectivity index (χ2n) is 4.19. The van der Waals surface area contributed by atoms with Crippen LogP contribution in [-0.2, 0) is 6.18 Å². The maximum atomic E-state index is 12.9. The number of hydrogen-bond acceptors (Lipinski definition) is 2. The average molecular weight is 267 g/mol. The number of aliphatic hydroxyl groups excluding tert-OH is 1. The van der Waals surface area contributed by atoms with Gasteiger partial charge in [0.15, 0.2) is 0 Å². The number of hydrogen-bond donors (Lipinski definition) is 1. The largest absolute Gasteiger partial charge is 0.416 e. The van der Waals surface area contributed by atoms with Crippen LogP contribution in [0, 0.1) is 6.92 Å². The highest BCUT2D eigenvalue weighted by molar-refractivity contribution is 5.35. The Morgan fingerprint density at radius 3 is 2.37 bits per heavy atom. The van der Waals surface area contributed by atoms with Gasteiger partial charge in [-0.15, -0.1) is 0 Å². The first kappa shape index (κ1) is 13.5. The fourth-order valence-corrected chi connectivity index (χ4v) is 1.87. The quantitative estimate of drug-likeness (QED) is 0.903. The Labute approximate surface area is 108 Å². The molecule has 0 aliphatic heterocycles. The molecule has 1 heterocycles. The molecule has 1 aromatic heterocycles. The van der Waals surface area contributed by atoms with E-state index in [1.807, 2.05) is 0 Å². The number of halogens is 3. The summed E-state index contributed by atoms with van der Waals surface area (Å²) in [6.45, 7) is 1.71. The number of aromatic nitrogens is 1. The summed E-state index contributed by atoms with van der Waals surface area (Å²) < 4.78 is 38.6. The number of aliphatic hydroxyl groups is 1. The molecule has 100 valence electrons. The van der Waals surface area contributed by atoms with E-state index in [-0.39, 0.29) is 11.3 Å². The zero-order valence-corrected chi connectivity index (χ0v) is 10.1. The van der Waals surface area contributed by atoms with Crippen LogP contribution in [0.3, 0.4) is 0 Å². The third kappa shape index (κ3) is 2.93. The van der Waals surface area contributed by atoms with E-state index in [0.29, 0.717) is 5.69 Å². The van der Waals surface area contributed by atoms with Crippen molar-refractivity contribution in [1.82, 2.24) is 4.98 Å². The van der Waals surface area contributed by atoms with Crippen LogP contribution in [0.25, 0.3) is 0 Å². The highest BCUT2D eigenvalue weighted by Crippen LogP contribution is 2.35. The van der Waals surface area contributed by atoms with E-state index >= 15 is 0 Å². The van der Waals surface area contributed by atoms with Crippen LogP contribution in [0.4, 0.5) is 13.2 Å². The molecule has 0 spiro atoms. The molecular weight excluding hydrogens is 255 g/mol. The van der Waals surface area contributed by atoms with E-state index in [2.05, 4.69) is 4.98 Å². The SMILES string of the molecule is Cc1cccc(C(O)c2ccccc2C(F)(F)F)n1. The van der Waals surface area contributed by atoms with Gasteiger partial charge < -0.3 is 5.11 Å². The van der Waals surface area contributed by atoms with Gasteiger partial charge in [0.2, 0.25) is 0 Å².